The third kappa shape index (κ3) is 4.01. The Labute approximate surface area is 169 Å². The smallest absolute Gasteiger partial charge is 0.251 e. The summed E-state index contributed by atoms with van der Waals surface area (Å²) >= 11 is 0. The molecule has 1 fully saturated rings. The SMILES string of the molecule is CC(C)c1cc(C#N)cc2nc(-c3ccc(C(=O)NCC4CCNC4)cc3)oc12. The quantitative estimate of drug-likeness (QED) is 0.693. The fourth-order valence-electron chi connectivity index (χ4n) is 3.67. The van der Waals surface area contributed by atoms with Crippen molar-refractivity contribution in [1.29, 1.82) is 5.26 Å². The van der Waals surface area contributed by atoms with Crippen LogP contribution in [0.25, 0.3) is 22.6 Å². The number of oxazole rings is 1. The maximum atomic E-state index is 12.4. The highest BCUT2D eigenvalue weighted by Crippen LogP contribution is 2.31. The molecule has 1 aromatic heterocycles. The Morgan fingerprint density at radius 1 is 1.34 bits per heavy atom. The molecule has 0 radical (unpaired) electrons. The molecule has 6 heteroatoms. The molecular weight excluding hydrogens is 364 g/mol. The van der Waals surface area contributed by atoms with E-state index in [2.05, 4.69) is 35.5 Å². The van der Waals surface area contributed by atoms with Crippen LogP contribution >= 0.6 is 0 Å². The second-order valence-electron chi connectivity index (χ2n) is 7.85. The lowest BCUT2D eigenvalue weighted by Crippen LogP contribution is -2.30. The Balaban J connectivity index is 1.55. The van der Waals surface area contributed by atoms with Crippen LogP contribution in [-0.2, 0) is 0 Å². The molecule has 1 aliphatic rings. The number of fused-ring (bicyclic) bond motifs is 1. The van der Waals surface area contributed by atoms with Gasteiger partial charge in [0.15, 0.2) is 5.58 Å². The van der Waals surface area contributed by atoms with Gasteiger partial charge in [0.1, 0.15) is 5.52 Å². The molecule has 2 heterocycles. The van der Waals surface area contributed by atoms with Gasteiger partial charge in [0, 0.05) is 23.2 Å². The molecule has 1 saturated heterocycles. The topological polar surface area (TPSA) is 91.0 Å². The summed E-state index contributed by atoms with van der Waals surface area (Å²) in [5, 5.41) is 15.6. The van der Waals surface area contributed by atoms with E-state index >= 15 is 0 Å². The number of benzene rings is 2. The normalized spacial score (nSPS) is 16.3. The summed E-state index contributed by atoms with van der Waals surface area (Å²) in [5.74, 6) is 1.14. The molecule has 0 bridgehead atoms. The van der Waals surface area contributed by atoms with E-state index in [1.54, 1.807) is 18.2 Å². The zero-order chi connectivity index (χ0) is 20.4. The molecule has 2 N–H and O–H groups in total. The summed E-state index contributed by atoms with van der Waals surface area (Å²) < 4.78 is 6.03. The minimum absolute atomic E-state index is 0.0678. The molecule has 0 spiro atoms. The molecule has 0 aliphatic carbocycles. The van der Waals surface area contributed by atoms with E-state index in [0.29, 0.717) is 40.6 Å². The average molecular weight is 388 g/mol. The fraction of sp³-hybridized carbons (Fsp3) is 0.348. The van der Waals surface area contributed by atoms with Crippen molar-refractivity contribution in [3.8, 4) is 17.5 Å². The Kier molecular flexibility index (Phi) is 5.32. The van der Waals surface area contributed by atoms with Crippen molar-refractivity contribution >= 4 is 17.0 Å². The summed E-state index contributed by atoms with van der Waals surface area (Å²) in [4.78, 5) is 17.0. The van der Waals surface area contributed by atoms with E-state index in [1.807, 2.05) is 18.2 Å². The van der Waals surface area contributed by atoms with Gasteiger partial charge < -0.3 is 15.1 Å². The molecule has 1 unspecified atom stereocenters. The molecule has 0 saturated carbocycles. The summed E-state index contributed by atoms with van der Waals surface area (Å²) in [6.45, 7) is 6.80. The highest BCUT2D eigenvalue weighted by molar-refractivity contribution is 5.94. The van der Waals surface area contributed by atoms with Gasteiger partial charge in [-0.2, -0.15) is 5.26 Å². The predicted octanol–water partition coefficient (Wildman–Crippen LogP) is 3.83. The van der Waals surface area contributed by atoms with Crippen LogP contribution in [0.2, 0.25) is 0 Å². The van der Waals surface area contributed by atoms with E-state index in [0.717, 1.165) is 30.6 Å². The third-order valence-electron chi connectivity index (χ3n) is 5.38. The molecule has 1 atom stereocenters. The van der Waals surface area contributed by atoms with Crippen molar-refractivity contribution in [2.24, 2.45) is 5.92 Å². The highest BCUT2D eigenvalue weighted by atomic mass is 16.3. The molecule has 3 aromatic rings. The largest absolute Gasteiger partial charge is 0.436 e. The third-order valence-corrected chi connectivity index (χ3v) is 5.38. The van der Waals surface area contributed by atoms with Gasteiger partial charge in [-0.15, -0.1) is 0 Å². The van der Waals surface area contributed by atoms with Crippen LogP contribution in [0, 0.1) is 17.2 Å². The van der Waals surface area contributed by atoms with E-state index < -0.39 is 0 Å². The van der Waals surface area contributed by atoms with Crippen LogP contribution in [0.5, 0.6) is 0 Å². The zero-order valence-electron chi connectivity index (χ0n) is 16.7. The number of carbonyl (C=O) groups is 1. The molecule has 148 valence electrons. The summed E-state index contributed by atoms with van der Waals surface area (Å²) in [6.07, 6.45) is 1.10. The van der Waals surface area contributed by atoms with Crippen molar-refractivity contribution in [2.45, 2.75) is 26.2 Å². The summed E-state index contributed by atoms with van der Waals surface area (Å²) in [6, 6.07) is 13.1. The Morgan fingerprint density at radius 2 is 2.14 bits per heavy atom. The maximum Gasteiger partial charge on any atom is 0.251 e. The number of nitriles is 1. The number of amides is 1. The lowest BCUT2D eigenvalue weighted by Gasteiger charge is -2.10. The first-order chi connectivity index (χ1) is 14.0. The standard InChI is InChI=1S/C23H24N4O2/c1-14(2)19-9-16(11-24)10-20-21(19)29-23(27-20)18-5-3-17(4-6-18)22(28)26-13-15-7-8-25-12-15/h3-6,9-10,14-15,25H,7-8,12-13H2,1-2H3,(H,26,28). The first-order valence-corrected chi connectivity index (χ1v) is 9.99. The minimum atomic E-state index is -0.0678. The fourth-order valence-corrected chi connectivity index (χ4v) is 3.67. The Bertz CT molecular complexity index is 1070. The second-order valence-corrected chi connectivity index (χ2v) is 7.85. The highest BCUT2D eigenvalue weighted by Gasteiger charge is 2.17. The molecule has 2 aromatic carbocycles. The van der Waals surface area contributed by atoms with Gasteiger partial charge >= 0.3 is 0 Å². The van der Waals surface area contributed by atoms with Crippen molar-refractivity contribution in [3.63, 3.8) is 0 Å². The zero-order valence-corrected chi connectivity index (χ0v) is 16.7. The number of rotatable bonds is 5. The second kappa shape index (κ2) is 8.06. The lowest BCUT2D eigenvalue weighted by molar-refractivity contribution is 0.0948. The minimum Gasteiger partial charge on any atom is -0.436 e. The number of hydrogen-bond donors (Lipinski definition) is 2. The van der Waals surface area contributed by atoms with Gasteiger partial charge in [-0.3, -0.25) is 4.79 Å². The molecule has 6 nitrogen and oxygen atoms in total. The Morgan fingerprint density at radius 3 is 2.79 bits per heavy atom. The van der Waals surface area contributed by atoms with Gasteiger partial charge in [0.2, 0.25) is 5.89 Å². The molecule has 1 amide bonds. The van der Waals surface area contributed by atoms with Crippen LogP contribution in [-0.4, -0.2) is 30.5 Å². The van der Waals surface area contributed by atoms with Crippen LogP contribution in [0.1, 0.15) is 47.7 Å². The van der Waals surface area contributed by atoms with E-state index in [4.69, 9.17) is 4.42 Å². The Hall–Kier alpha value is -3.17. The van der Waals surface area contributed by atoms with Gasteiger partial charge in [-0.1, -0.05) is 13.8 Å². The van der Waals surface area contributed by atoms with Crippen molar-refractivity contribution in [1.82, 2.24) is 15.6 Å². The van der Waals surface area contributed by atoms with Gasteiger partial charge in [-0.25, -0.2) is 4.98 Å². The van der Waals surface area contributed by atoms with Gasteiger partial charge in [0.25, 0.3) is 5.91 Å². The molecular formula is C23H24N4O2. The van der Waals surface area contributed by atoms with Crippen molar-refractivity contribution in [3.05, 3.63) is 53.1 Å². The molecule has 29 heavy (non-hydrogen) atoms. The van der Waals surface area contributed by atoms with Crippen LogP contribution in [0.4, 0.5) is 0 Å². The van der Waals surface area contributed by atoms with E-state index in [-0.39, 0.29) is 11.8 Å². The molecule has 4 rings (SSSR count). The van der Waals surface area contributed by atoms with Gasteiger partial charge in [0.05, 0.1) is 11.6 Å². The number of aromatic nitrogens is 1. The number of nitrogens with zero attached hydrogens (tertiary/aromatic N) is 2. The number of hydrogen-bond acceptors (Lipinski definition) is 5. The number of carbonyl (C=O) groups excluding carboxylic acids is 1. The first-order valence-electron chi connectivity index (χ1n) is 9.99. The van der Waals surface area contributed by atoms with Crippen molar-refractivity contribution < 1.29 is 9.21 Å². The average Bonchev–Trinajstić information content (AvgIpc) is 3.40. The number of nitrogens with one attached hydrogen (secondary N) is 2. The molecule has 1 aliphatic heterocycles. The van der Waals surface area contributed by atoms with E-state index in [9.17, 15) is 10.1 Å². The summed E-state index contributed by atoms with van der Waals surface area (Å²) in [5.41, 5.74) is 4.34. The predicted molar refractivity (Wildman–Crippen MR) is 112 cm³/mol. The summed E-state index contributed by atoms with van der Waals surface area (Å²) in [7, 11) is 0. The van der Waals surface area contributed by atoms with E-state index in [1.165, 1.54) is 0 Å². The van der Waals surface area contributed by atoms with Gasteiger partial charge in [-0.05, 0) is 67.7 Å². The van der Waals surface area contributed by atoms with Crippen LogP contribution < -0.4 is 10.6 Å². The monoisotopic (exact) mass is 388 g/mol. The maximum absolute atomic E-state index is 12.4. The van der Waals surface area contributed by atoms with Crippen LogP contribution in [0.15, 0.2) is 40.8 Å². The van der Waals surface area contributed by atoms with Crippen molar-refractivity contribution in [2.75, 3.05) is 19.6 Å². The van der Waals surface area contributed by atoms with Crippen LogP contribution in [0.3, 0.4) is 0 Å². The lowest BCUT2D eigenvalue weighted by atomic mass is 10.00. The first kappa shape index (κ1) is 19.2.